The summed E-state index contributed by atoms with van der Waals surface area (Å²) in [5.41, 5.74) is 7.00. The summed E-state index contributed by atoms with van der Waals surface area (Å²) in [4.78, 5) is 8.77. The number of nitrogens with one attached hydrogen (secondary N) is 1. The fraction of sp³-hybridized carbons (Fsp3) is 0.733. The molecule has 1 unspecified atom stereocenters. The molecular formula is C15H28N4S. The van der Waals surface area contributed by atoms with Crippen LogP contribution in [0.2, 0.25) is 0 Å². The highest BCUT2D eigenvalue weighted by Gasteiger charge is 2.04. The first kappa shape index (κ1) is 17.0. The minimum absolute atomic E-state index is 0.388. The normalized spacial score (nSPS) is 13.8. The molecule has 3 N–H and O–H groups in total. The van der Waals surface area contributed by atoms with Crippen molar-refractivity contribution < 1.29 is 0 Å². The summed E-state index contributed by atoms with van der Waals surface area (Å²) in [6.45, 7) is 9.39. The van der Waals surface area contributed by atoms with E-state index in [-0.39, 0.29) is 0 Å². The van der Waals surface area contributed by atoms with Gasteiger partial charge in [-0.2, -0.15) is 0 Å². The molecule has 1 atom stereocenters. The van der Waals surface area contributed by atoms with Crippen LogP contribution in [0.25, 0.3) is 0 Å². The Kier molecular flexibility index (Phi) is 7.59. The Bertz CT molecular complexity index is 412. The SMILES string of the molecule is Cc1nc(CCN=C(N)NC(C)CCCC(C)C)cs1. The van der Waals surface area contributed by atoms with Crippen molar-refractivity contribution in [1.29, 1.82) is 0 Å². The molecule has 5 heteroatoms. The molecule has 0 aromatic carbocycles. The molecule has 0 aliphatic rings. The minimum Gasteiger partial charge on any atom is -0.370 e. The van der Waals surface area contributed by atoms with Gasteiger partial charge in [-0.15, -0.1) is 11.3 Å². The van der Waals surface area contributed by atoms with Gasteiger partial charge in [-0.3, -0.25) is 4.99 Å². The molecule has 4 nitrogen and oxygen atoms in total. The Morgan fingerprint density at radius 2 is 2.15 bits per heavy atom. The Morgan fingerprint density at radius 1 is 1.40 bits per heavy atom. The van der Waals surface area contributed by atoms with Gasteiger partial charge in [-0.1, -0.05) is 26.7 Å². The molecule has 0 aliphatic carbocycles. The Hall–Kier alpha value is -1.10. The average Bonchev–Trinajstić information content (AvgIpc) is 2.74. The van der Waals surface area contributed by atoms with E-state index in [4.69, 9.17) is 5.73 Å². The zero-order valence-corrected chi connectivity index (χ0v) is 14.0. The van der Waals surface area contributed by atoms with Gasteiger partial charge in [0.25, 0.3) is 0 Å². The van der Waals surface area contributed by atoms with E-state index in [9.17, 15) is 0 Å². The molecule has 1 rings (SSSR count). The third-order valence-corrected chi connectivity index (χ3v) is 3.95. The third-order valence-electron chi connectivity index (χ3n) is 3.13. The maximum Gasteiger partial charge on any atom is 0.188 e. The molecule has 0 amide bonds. The van der Waals surface area contributed by atoms with Crippen LogP contribution in [0.15, 0.2) is 10.4 Å². The van der Waals surface area contributed by atoms with Crippen molar-refractivity contribution in [3.63, 3.8) is 0 Å². The third kappa shape index (κ3) is 7.48. The van der Waals surface area contributed by atoms with Crippen molar-refractivity contribution in [2.75, 3.05) is 6.54 Å². The predicted molar refractivity (Wildman–Crippen MR) is 88.3 cm³/mol. The van der Waals surface area contributed by atoms with Crippen molar-refractivity contribution in [3.05, 3.63) is 16.1 Å². The standard InChI is InChI=1S/C15H28N4S/c1-11(2)6-5-7-12(3)18-15(16)17-9-8-14-10-20-13(4)19-14/h10-12H,5-9H2,1-4H3,(H3,16,17,18). The lowest BCUT2D eigenvalue weighted by molar-refractivity contribution is 0.493. The molecule has 1 aromatic heterocycles. The molecule has 0 aliphatic heterocycles. The number of nitrogens with zero attached hydrogens (tertiary/aromatic N) is 2. The van der Waals surface area contributed by atoms with E-state index >= 15 is 0 Å². The van der Waals surface area contributed by atoms with E-state index in [1.807, 2.05) is 6.92 Å². The Labute approximate surface area is 126 Å². The van der Waals surface area contributed by atoms with Crippen LogP contribution in [0.4, 0.5) is 0 Å². The molecule has 0 fully saturated rings. The van der Waals surface area contributed by atoms with Crippen LogP contribution >= 0.6 is 11.3 Å². The highest BCUT2D eigenvalue weighted by Crippen LogP contribution is 2.09. The van der Waals surface area contributed by atoms with E-state index in [0.29, 0.717) is 18.5 Å². The number of hydrogen-bond donors (Lipinski definition) is 2. The average molecular weight is 296 g/mol. The van der Waals surface area contributed by atoms with Gasteiger partial charge in [0, 0.05) is 24.4 Å². The topological polar surface area (TPSA) is 63.3 Å². The van der Waals surface area contributed by atoms with Crippen molar-refractivity contribution in [2.45, 2.75) is 59.4 Å². The summed E-state index contributed by atoms with van der Waals surface area (Å²) in [6, 6.07) is 0.388. The fourth-order valence-electron chi connectivity index (χ4n) is 2.02. The van der Waals surface area contributed by atoms with Crippen LogP contribution in [0, 0.1) is 12.8 Å². The van der Waals surface area contributed by atoms with Crippen LogP contribution in [-0.4, -0.2) is 23.5 Å². The molecule has 0 saturated carbocycles. The number of nitrogens with two attached hydrogens (primary N) is 1. The molecule has 1 heterocycles. The fourth-order valence-corrected chi connectivity index (χ4v) is 2.66. The van der Waals surface area contributed by atoms with Crippen LogP contribution < -0.4 is 11.1 Å². The first-order valence-corrected chi connectivity index (χ1v) is 8.32. The molecular weight excluding hydrogens is 268 g/mol. The number of aromatic nitrogens is 1. The monoisotopic (exact) mass is 296 g/mol. The van der Waals surface area contributed by atoms with Crippen LogP contribution in [0.1, 0.15) is 50.7 Å². The lowest BCUT2D eigenvalue weighted by Crippen LogP contribution is -2.38. The van der Waals surface area contributed by atoms with E-state index < -0.39 is 0 Å². The second-order valence-electron chi connectivity index (χ2n) is 5.74. The van der Waals surface area contributed by atoms with E-state index in [0.717, 1.165) is 29.5 Å². The molecule has 114 valence electrons. The first-order valence-electron chi connectivity index (χ1n) is 7.45. The van der Waals surface area contributed by atoms with Gasteiger partial charge in [0.05, 0.1) is 10.7 Å². The molecule has 0 saturated heterocycles. The van der Waals surface area contributed by atoms with Crippen LogP contribution in [-0.2, 0) is 6.42 Å². The Morgan fingerprint density at radius 3 is 2.75 bits per heavy atom. The number of aryl methyl sites for hydroxylation is 1. The van der Waals surface area contributed by atoms with Gasteiger partial charge in [0.15, 0.2) is 5.96 Å². The van der Waals surface area contributed by atoms with Crippen molar-refractivity contribution in [1.82, 2.24) is 10.3 Å². The molecule has 0 radical (unpaired) electrons. The van der Waals surface area contributed by atoms with Gasteiger partial charge in [-0.25, -0.2) is 4.98 Å². The number of hydrogen-bond acceptors (Lipinski definition) is 3. The summed E-state index contributed by atoms with van der Waals surface area (Å²) in [5, 5.41) is 6.45. The van der Waals surface area contributed by atoms with Gasteiger partial charge < -0.3 is 11.1 Å². The van der Waals surface area contributed by atoms with Gasteiger partial charge in [0.2, 0.25) is 0 Å². The molecule has 0 bridgehead atoms. The molecule has 0 spiro atoms. The zero-order chi connectivity index (χ0) is 15.0. The van der Waals surface area contributed by atoms with Crippen molar-refractivity contribution in [3.8, 4) is 0 Å². The van der Waals surface area contributed by atoms with E-state index in [2.05, 4.69) is 41.4 Å². The molecule has 20 heavy (non-hydrogen) atoms. The van der Waals surface area contributed by atoms with Crippen molar-refractivity contribution in [2.24, 2.45) is 16.6 Å². The lowest BCUT2D eigenvalue weighted by atomic mass is 10.0. The maximum absolute atomic E-state index is 5.90. The number of thiazole rings is 1. The second-order valence-corrected chi connectivity index (χ2v) is 6.81. The number of guanidine groups is 1. The Balaban J connectivity index is 2.20. The van der Waals surface area contributed by atoms with E-state index in [1.165, 1.54) is 12.8 Å². The molecule has 1 aromatic rings. The summed E-state index contributed by atoms with van der Waals surface area (Å²) < 4.78 is 0. The zero-order valence-electron chi connectivity index (χ0n) is 13.1. The first-order chi connectivity index (χ1) is 9.47. The predicted octanol–water partition coefficient (Wildman–Crippen LogP) is 3.11. The van der Waals surface area contributed by atoms with Crippen molar-refractivity contribution >= 4 is 17.3 Å². The van der Waals surface area contributed by atoms with Crippen LogP contribution in [0.3, 0.4) is 0 Å². The smallest absolute Gasteiger partial charge is 0.188 e. The second kappa shape index (κ2) is 8.95. The largest absolute Gasteiger partial charge is 0.370 e. The maximum atomic E-state index is 5.90. The van der Waals surface area contributed by atoms with Gasteiger partial charge >= 0.3 is 0 Å². The highest BCUT2D eigenvalue weighted by molar-refractivity contribution is 7.09. The highest BCUT2D eigenvalue weighted by atomic mass is 32.1. The summed E-state index contributed by atoms with van der Waals surface area (Å²) in [5.74, 6) is 1.32. The minimum atomic E-state index is 0.388. The number of rotatable bonds is 8. The summed E-state index contributed by atoms with van der Waals surface area (Å²) >= 11 is 1.68. The van der Waals surface area contributed by atoms with Gasteiger partial charge in [-0.05, 0) is 26.2 Å². The number of aliphatic imine (C=N–C) groups is 1. The summed E-state index contributed by atoms with van der Waals surface area (Å²) in [6.07, 6.45) is 4.50. The summed E-state index contributed by atoms with van der Waals surface area (Å²) in [7, 11) is 0. The van der Waals surface area contributed by atoms with Gasteiger partial charge in [0.1, 0.15) is 0 Å². The van der Waals surface area contributed by atoms with Crippen LogP contribution in [0.5, 0.6) is 0 Å². The van der Waals surface area contributed by atoms with E-state index in [1.54, 1.807) is 11.3 Å². The lowest BCUT2D eigenvalue weighted by Gasteiger charge is -2.14. The quantitative estimate of drug-likeness (QED) is 0.572.